The summed E-state index contributed by atoms with van der Waals surface area (Å²) >= 11 is 0. The van der Waals surface area contributed by atoms with Crippen molar-refractivity contribution in [1.82, 2.24) is 25.1 Å². The molecule has 4 rings (SSSR count). The maximum absolute atomic E-state index is 13.4. The van der Waals surface area contributed by atoms with Crippen LogP contribution < -0.4 is 21.9 Å². The number of carbonyl (C=O) groups excluding carboxylic acids is 3. The smallest absolute Gasteiger partial charge is 0.328 e. The van der Waals surface area contributed by atoms with Crippen LogP contribution in [-0.4, -0.2) is 56.1 Å². The quantitative estimate of drug-likeness (QED) is 0.436. The number of nitrogens with zero attached hydrogens (tertiary/aromatic N) is 2. The van der Waals surface area contributed by atoms with Crippen LogP contribution in [0, 0.1) is 12.7 Å². The lowest BCUT2D eigenvalue weighted by Gasteiger charge is -2.43. The Labute approximate surface area is 198 Å². The molecule has 3 atom stereocenters. The van der Waals surface area contributed by atoms with E-state index in [9.17, 15) is 33.5 Å². The maximum Gasteiger partial charge on any atom is 0.328 e. The average molecular weight is 487 g/mol. The van der Waals surface area contributed by atoms with Crippen LogP contribution in [-0.2, 0) is 15.1 Å². The number of halogens is 1. The number of piperidine rings is 1. The van der Waals surface area contributed by atoms with Gasteiger partial charge in [-0.05, 0) is 44.4 Å². The van der Waals surface area contributed by atoms with E-state index < -0.39 is 46.2 Å². The molecular weight excluding hydrogens is 461 g/mol. The third-order valence-electron chi connectivity index (χ3n) is 6.83. The van der Waals surface area contributed by atoms with E-state index in [1.165, 1.54) is 34.7 Å². The number of amides is 4. The Hall–Kier alpha value is -3.80. The first-order chi connectivity index (χ1) is 16.4. The molecule has 3 heterocycles. The molecular formula is C23H26FN5O6. The zero-order valence-electron chi connectivity index (χ0n) is 19.3. The summed E-state index contributed by atoms with van der Waals surface area (Å²) in [5, 5.41) is 15.7. The van der Waals surface area contributed by atoms with E-state index in [1.807, 2.05) is 0 Å². The minimum atomic E-state index is -1.53. The Kier molecular flexibility index (Phi) is 6.09. The molecule has 2 aliphatic heterocycles. The van der Waals surface area contributed by atoms with Gasteiger partial charge in [-0.3, -0.25) is 29.3 Å². The molecule has 2 saturated heterocycles. The van der Waals surface area contributed by atoms with Gasteiger partial charge in [-0.2, -0.15) is 0 Å². The number of imide groups is 1. The summed E-state index contributed by atoms with van der Waals surface area (Å²) in [5.74, 6) is -1.50. The Morgan fingerprint density at radius 1 is 1.20 bits per heavy atom. The molecule has 2 fully saturated rings. The lowest BCUT2D eigenvalue weighted by atomic mass is 9.84. The molecule has 2 aromatic rings. The second-order valence-corrected chi connectivity index (χ2v) is 9.26. The maximum atomic E-state index is 13.4. The van der Waals surface area contributed by atoms with Gasteiger partial charge in [0.05, 0.1) is 11.6 Å². The predicted octanol–water partition coefficient (Wildman–Crippen LogP) is 0.0236. The number of urea groups is 1. The standard InChI is InChI=1S/C23H26FN5O6/c1-13-11-29(21(34)25-18(13)31)16-12-28(10-9-22(16,2)35)17(30)7-8-23(19(32)26-20(33)27-23)14-3-5-15(24)6-4-14/h3-6,11,16,35H,7-10,12H2,1-2H3,(H,25,31,34)(H2,26,27,32,33)/t16-,22-,23-/m1/s1. The topological polar surface area (TPSA) is 154 Å². The van der Waals surface area contributed by atoms with Crippen LogP contribution in [0.2, 0.25) is 0 Å². The summed E-state index contributed by atoms with van der Waals surface area (Å²) in [6, 6.07) is 3.56. The number of rotatable bonds is 5. The highest BCUT2D eigenvalue weighted by molar-refractivity contribution is 6.07. The number of H-pyrrole nitrogens is 1. The van der Waals surface area contributed by atoms with Crippen molar-refractivity contribution in [3.8, 4) is 0 Å². The zero-order valence-corrected chi connectivity index (χ0v) is 19.3. The molecule has 2 aliphatic rings. The van der Waals surface area contributed by atoms with Crippen LogP contribution in [0.4, 0.5) is 9.18 Å². The number of aryl methyl sites for hydroxylation is 1. The first-order valence-electron chi connectivity index (χ1n) is 11.1. The summed E-state index contributed by atoms with van der Waals surface area (Å²) in [6.07, 6.45) is 1.31. The summed E-state index contributed by atoms with van der Waals surface area (Å²) in [5.41, 5.74) is -3.45. The molecule has 0 unspecified atom stereocenters. The Morgan fingerprint density at radius 3 is 2.51 bits per heavy atom. The second kappa shape index (κ2) is 8.77. The van der Waals surface area contributed by atoms with Crippen molar-refractivity contribution < 1.29 is 23.9 Å². The van der Waals surface area contributed by atoms with Crippen molar-refractivity contribution in [2.24, 2.45) is 0 Å². The summed E-state index contributed by atoms with van der Waals surface area (Å²) in [7, 11) is 0. The fourth-order valence-electron chi connectivity index (χ4n) is 4.66. The minimum Gasteiger partial charge on any atom is -0.388 e. The predicted molar refractivity (Wildman–Crippen MR) is 121 cm³/mol. The van der Waals surface area contributed by atoms with E-state index in [1.54, 1.807) is 6.92 Å². The van der Waals surface area contributed by atoms with E-state index in [0.717, 1.165) is 12.1 Å². The minimum absolute atomic E-state index is 0.000667. The lowest BCUT2D eigenvalue weighted by molar-refractivity contribution is -0.138. The summed E-state index contributed by atoms with van der Waals surface area (Å²) in [4.78, 5) is 65.6. The molecule has 12 heteroatoms. The van der Waals surface area contributed by atoms with E-state index in [2.05, 4.69) is 15.6 Å². The Balaban J connectivity index is 1.55. The molecule has 0 spiro atoms. The van der Waals surface area contributed by atoms with Gasteiger partial charge in [0.25, 0.3) is 11.5 Å². The number of aliphatic hydroxyl groups is 1. The fourth-order valence-corrected chi connectivity index (χ4v) is 4.66. The van der Waals surface area contributed by atoms with Crippen molar-refractivity contribution in [2.45, 2.75) is 50.3 Å². The number of aromatic amines is 1. The average Bonchev–Trinajstić information content (AvgIpc) is 3.09. The molecule has 11 nitrogen and oxygen atoms in total. The largest absolute Gasteiger partial charge is 0.388 e. The SMILES string of the molecule is Cc1cn([C@@H]2CN(C(=O)CC[C@]3(c4ccc(F)cc4)NC(=O)NC3=O)CC[C@@]2(C)O)c(=O)[nH]c1=O. The number of hydrogen-bond acceptors (Lipinski definition) is 6. The molecule has 4 N–H and O–H groups in total. The van der Waals surface area contributed by atoms with Crippen LogP contribution in [0.1, 0.15) is 43.4 Å². The van der Waals surface area contributed by atoms with Crippen LogP contribution in [0.3, 0.4) is 0 Å². The van der Waals surface area contributed by atoms with Crippen LogP contribution in [0.25, 0.3) is 0 Å². The van der Waals surface area contributed by atoms with Crippen molar-refractivity contribution in [3.05, 3.63) is 68.2 Å². The van der Waals surface area contributed by atoms with E-state index >= 15 is 0 Å². The second-order valence-electron chi connectivity index (χ2n) is 9.26. The van der Waals surface area contributed by atoms with Gasteiger partial charge in [0.2, 0.25) is 5.91 Å². The van der Waals surface area contributed by atoms with Crippen LogP contribution >= 0.6 is 0 Å². The van der Waals surface area contributed by atoms with Gasteiger partial charge < -0.3 is 15.3 Å². The van der Waals surface area contributed by atoms with E-state index in [0.29, 0.717) is 5.56 Å². The third-order valence-corrected chi connectivity index (χ3v) is 6.83. The molecule has 0 bridgehead atoms. The Morgan fingerprint density at radius 2 is 1.89 bits per heavy atom. The van der Waals surface area contributed by atoms with Gasteiger partial charge in [0.15, 0.2) is 0 Å². The molecule has 0 saturated carbocycles. The fraction of sp³-hybridized carbons (Fsp3) is 0.435. The normalized spacial score (nSPS) is 26.4. The lowest BCUT2D eigenvalue weighted by Crippen LogP contribution is -2.55. The van der Waals surface area contributed by atoms with Gasteiger partial charge in [-0.25, -0.2) is 14.0 Å². The number of benzene rings is 1. The highest BCUT2D eigenvalue weighted by Crippen LogP contribution is 2.33. The molecule has 4 amide bonds. The van der Waals surface area contributed by atoms with Gasteiger partial charge in [-0.15, -0.1) is 0 Å². The first-order valence-corrected chi connectivity index (χ1v) is 11.1. The van der Waals surface area contributed by atoms with E-state index in [-0.39, 0.29) is 43.8 Å². The monoisotopic (exact) mass is 487 g/mol. The zero-order chi connectivity index (χ0) is 25.5. The highest BCUT2D eigenvalue weighted by Gasteiger charge is 2.48. The van der Waals surface area contributed by atoms with Crippen LogP contribution in [0.5, 0.6) is 0 Å². The summed E-state index contributed by atoms with van der Waals surface area (Å²) < 4.78 is 14.7. The van der Waals surface area contributed by atoms with Gasteiger partial charge in [0, 0.05) is 31.3 Å². The number of aromatic nitrogens is 2. The first kappa shape index (κ1) is 24.3. The number of carbonyl (C=O) groups is 3. The van der Waals surface area contributed by atoms with Crippen LogP contribution in [0.15, 0.2) is 40.1 Å². The summed E-state index contributed by atoms with van der Waals surface area (Å²) in [6.45, 7) is 3.31. The number of nitrogens with one attached hydrogen (secondary N) is 3. The van der Waals surface area contributed by atoms with Gasteiger partial charge in [0.1, 0.15) is 11.4 Å². The number of hydrogen-bond donors (Lipinski definition) is 4. The third kappa shape index (κ3) is 4.48. The Bertz CT molecular complexity index is 1300. The van der Waals surface area contributed by atoms with Crippen molar-refractivity contribution in [2.75, 3.05) is 13.1 Å². The molecule has 35 heavy (non-hydrogen) atoms. The van der Waals surface area contributed by atoms with E-state index in [4.69, 9.17) is 0 Å². The van der Waals surface area contributed by atoms with Gasteiger partial charge >= 0.3 is 11.7 Å². The molecule has 0 radical (unpaired) electrons. The highest BCUT2D eigenvalue weighted by atomic mass is 19.1. The molecule has 0 aliphatic carbocycles. The van der Waals surface area contributed by atoms with Crippen molar-refractivity contribution in [3.63, 3.8) is 0 Å². The number of likely N-dealkylation sites (tertiary alicyclic amines) is 1. The molecule has 1 aromatic heterocycles. The molecule has 186 valence electrons. The molecule has 1 aromatic carbocycles. The van der Waals surface area contributed by atoms with Crippen molar-refractivity contribution >= 4 is 17.8 Å². The van der Waals surface area contributed by atoms with Crippen molar-refractivity contribution in [1.29, 1.82) is 0 Å². The van der Waals surface area contributed by atoms with Gasteiger partial charge in [-0.1, -0.05) is 12.1 Å².